The van der Waals surface area contributed by atoms with E-state index in [0.29, 0.717) is 11.3 Å². The minimum absolute atomic E-state index is 0.0195. The molecule has 1 unspecified atom stereocenters. The monoisotopic (exact) mass is 398 g/mol. The Morgan fingerprint density at radius 3 is 3.00 bits per heavy atom. The highest BCUT2D eigenvalue weighted by Crippen LogP contribution is 2.31. The highest BCUT2D eigenvalue weighted by molar-refractivity contribution is 5.98. The lowest BCUT2D eigenvalue weighted by molar-refractivity contribution is -0.118. The van der Waals surface area contributed by atoms with Gasteiger partial charge < -0.3 is 14.6 Å². The summed E-state index contributed by atoms with van der Waals surface area (Å²) in [5.74, 6) is 0.444. The Labute approximate surface area is 175 Å². The first kappa shape index (κ1) is 19.5. The van der Waals surface area contributed by atoms with Crippen LogP contribution in [0, 0.1) is 11.3 Å². The van der Waals surface area contributed by atoms with Gasteiger partial charge in [0.2, 0.25) is 5.91 Å². The van der Waals surface area contributed by atoms with Gasteiger partial charge in [0.05, 0.1) is 37.7 Å². The van der Waals surface area contributed by atoms with E-state index in [4.69, 9.17) is 4.74 Å². The topological polar surface area (TPSA) is 79.9 Å². The van der Waals surface area contributed by atoms with Crippen LogP contribution >= 0.6 is 0 Å². The number of methoxy groups -OCH3 is 1. The summed E-state index contributed by atoms with van der Waals surface area (Å²) in [6, 6.07) is 15.9. The number of nitriles is 1. The summed E-state index contributed by atoms with van der Waals surface area (Å²) in [5.41, 5.74) is 4.50. The Kier molecular flexibility index (Phi) is 5.62. The van der Waals surface area contributed by atoms with Crippen molar-refractivity contribution in [3.8, 4) is 17.5 Å². The first-order valence-corrected chi connectivity index (χ1v) is 9.82. The van der Waals surface area contributed by atoms with E-state index in [1.54, 1.807) is 25.7 Å². The molecule has 1 amide bonds. The maximum Gasteiger partial charge on any atom is 0.248 e. The molecule has 0 saturated heterocycles. The van der Waals surface area contributed by atoms with Gasteiger partial charge in [0.1, 0.15) is 5.75 Å². The minimum atomic E-state index is -0.212. The molecule has 3 aromatic rings. The molecular formula is C24H22N4O2. The Hall–Kier alpha value is -3.85. The van der Waals surface area contributed by atoms with Crippen molar-refractivity contribution in [2.45, 2.75) is 25.3 Å². The summed E-state index contributed by atoms with van der Waals surface area (Å²) < 4.78 is 7.37. The molecule has 0 spiro atoms. The van der Waals surface area contributed by atoms with Crippen molar-refractivity contribution in [1.29, 1.82) is 5.26 Å². The van der Waals surface area contributed by atoms with Crippen molar-refractivity contribution in [3.63, 3.8) is 0 Å². The standard InChI is InChI=1S/C24H22N4O2/c1-30-23-15-17(6-9-22(23)28-13-12-26-16-28)14-19(10-11-25)24(29)27-21-8-7-18-4-2-3-5-20(18)21/h2-6,9,12-16,21H,7-8,10H2,1H3,(H,27,29). The van der Waals surface area contributed by atoms with Crippen molar-refractivity contribution >= 4 is 12.0 Å². The Balaban J connectivity index is 1.58. The van der Waals surface area contributed by atoms with Gasteiger partial charge in [-0.2, -0.15) is 5.26 Å². The average molecular weight is 398 g/mol. The molecule has 6 nitrogen and oxygen atoms in total. The maximum absolute atomic E-state index is 12.9. The average Bonchev–Trinajstić information content (AvgIpc) is 3.44. The van der Waals surface area contributed by atoms with Crippen LogP contribution in [0.4, 0.5) is 0 Å². The molecule has 0 saturated carbocycles. The van der Waals surface area contributed by atoms with Crippen LogP contribution in [0.1, 0.15) is 35.6 Å². The van der Waals surface area contributed by atoms with E-state index in [2.05, 4.69) is 28.5 Å². The van der Waals surface area contributed by atoms with Gasteiger partial charge in [-0.15, -0.1) is 0 Å². The molecule has 1 aliphatic rings. The third kappa shape index (κ3) is 3.96. The smallest absolute Gasteiger partial charge is 0.248 e. The molecule has 0 aliphatic heterocycles. The number of ether oxygens (including phenoxy) is 1. The summed E-state index contributed by atoms with van der Waals surface area (Å²) in [5, 5.41) is 12.3. The van der Waals surface area contributed by atoms with Crippen molar-refractivity contribution < 1.29 is 9.53 Å². The number of hydrogen-bond donors (Lipinski definition) is 1. The third-order valence-corrected chi connectivity index (χ3v) is 5.33. The summed E-state index contributed by atoms with van der Waals surface area (Å²) in [6.45, 7) is 0. The zero-order chi connectivity index (χ0) is 20.9. The first-order chi connectivity index (χ1) is 14.7. The van der Waals surface area contributed by atoms with Crippen LogP contribution in [0.2, 0.25) is 0 Å². The second-order valence-corrected chi connectivity index (χ2v) is 7.17. The van der Waals surface area contributed by atoms with E-state index in [9.17, 15) is 10.1 Å². The molecule has 4 rings (SSSR count). The predicted molar refractivity (Wildman–Crippen MR) is 114 cm³/mol. The number of nitrogens with zero attached hydrogens (tertiary/aromatic N) is 3. The van der Waals surface area contributed by atoms with Crippen molar-refractivity contribution in [1.82, 2.24) is 14.9 Å². The summed E-state index contributed by atoms with van der Waals surface area (Å²) in [4.78, 5) is 17.0. The summed E-state index contributed by atoms with van der Waals surface area (Å²) in [6.07, 6.45) is 8.83. The largest absolute Gasteiger partial charge is 0.495 e. The lowest BCUT2D eigenvalue weighted by atomic mass is 10.0. The molecule has 0 bridgehead atoms. The van der Waals surface area contributed by atoms with Crippen LogP contribution in [0.3, 0.4) is 0 Å². The van der Waals surface area contributed by atoms with E-state index in [0.717, 1.165) is 29.7 Å². The molecule has 30 heavy (non-hydrogen) atoms. The van der Waals surface area contributed by atoms with Crippen molar-refractivity contribution in [3.05, 3.63) is 83.4 Å². The van der Waals surface area contributed by atoms with E-state index in [1.165, 1.54) is 5.56 Å². The Bertz CT molecular complexity index is 1130. The SMILES string of the molecule is COc1cc(C=C(CC#N)C(=O)NC2CCc3ccccc32)ccc1-n1ccnc1. The third-order valence-electron chi connectivity index (χ3n) is 5.33. The van der Waals surface area contributed by atoms with E-state index >= 15 is 0 Å². The second kappa shape index (κ2) is 8.66. The lowest BCUT2D eigenvalue weighted by Gasteiger charge is -2.15. The second-order valence-electron chi connectivity index (χ2n) is 7.17. The Morgan fingerprint density at radius 2 is 2.23 bits per heavy atom. The van der Waals surface area contributed by atoms with Crippen LogP contribution < -0.4 is 10.1 Å². The minimum Gasteiger partial charge on any atom is -0.495 e. The normalized spacial score (nSPS) is 15.3. The highest BCUT2D eigenvalue weighted by atomic mass is 16.5. The quantitative estimate of drug-likeness (QED) is 0.637. The zero-order valence-electron chi connectivity index (χ0n) is 16.7. The molecule has 2 aromatic carbocycles. The highest BCUT2D eigenvalue weighted by Gasteiger charge is 2.24. The van der Waals surface area contributed by atoms with Crippen LogP contribution in [-0.4, -0.2) is 22.6 Å². The van der Waals surface area contributed by atoms with E-state index < -0.39 is 0 Å². The molecule has 150 valence electrons. The van der Waals surface area contributed by atoms with Gasteiger partial charge in [-0.1, -0.05) is 30.3 Å². The molecule has 0 fully saturated rings. The summed E-state index contributed by atoms with van der Waals surface area (Å²) >= 11 is 0. The fourth-order valence-corrected chi connectivity index (χ4v) is 3.84. The number of carbonyl (C=O) groups is 1. The summed E-state index contributed by atoms with van der Waals surface area (Å²) in [7, 11) is 1.60. The number of benzene rings is 2. The molecule has 1 aromatic heterocycles. The van der Waals surface area contributed by atoms with Gasteiger partial charge in [0.25, 0.3) is 0 Å². The van der Waals surface area contributed by atoms with Gasteiger partial charge in [-0.05, 0) is 47.7 Å². The Morgan fingerprint density at radius 1 is 1.37 bits per heavy atom. The van der Waals surface area contributed by atoms with Crippen LogP contribution in [-0.2, 0) is 11.2 Å². The van der Waals surface area contributed by atoms with Gasteiger partial charge in [-0.3, -0.25) is 4.79 Å². The number of amides is 1. The van der Waals surface area contributed by atoms with E-state index in [-0.39, 0.29) is 18.4 Å². The van der Waals surface area contributed by atoms with Crippen LogP contribution in [0.25, 0.3) is 11.8 Å². The molecule has 0 radical (unpaired) electrons. The molecule has 6 heteroatoms. The fraction of sp³-hybridized carbons (Fsp3) is 0.208. The molecular weight excluding hydrogens is 376 g/mol. The van der Waals surface area contributed by atoms with E-state index in [1.807, 2.05) is 41.1 Å². The van der Waals surface area contributed by atoms with Gasteiger partial charge in [-0.25, -0.2) is 4.98 Å². The number of aryl methyl sites for hydroxylation is 1. The van der Waals surface area contributed by atoms with Gasteiger partial charge >= 0.3 is 0 Å². The van der Waals surface area contributed by atoms with Crippen LogP contribution in [0.15, 0.2) is 66.8 Å². The van der Waals surface area contributed by atoms with Crippen molar-refractivity contribution in [2.24, 2.45) is 0 Å². The molecule has 1 aliphatic carbocycles. The number of carbonyl (C=O) groups excluding carboxylic acids is 1. The number of rotatable bonds is 6. The number of aromatic nitrogens is 2. The maximum atomic E-state index is 12.9. The zero-order valence-corrected chi connectivity index (χ0v) is 16.7. The number of imidazole rings is 1. The number of fused-ring (bicyclic) bond motifs is 1. The van der Waals surface area contributed by atoms with Crippen molar-refractivity contribution in [2.75, 3.05) is 7.11 Å². The lowest BCUT2D eigenvalue weighted by Crippen LogP contribution is -2.28. The molecule has 1 N–H and O–H groups in total. The number of nitrogens with one attached hydrogen (secondary N) is 1. The van der Waals surface area contributed by atoms with Gasteiger partial charge in [0.15, 0.2) is 0 Å². The van der Waals surface area contributed by atoms with Gasteiger partial charge in [0, 0.05) is 18.0 Å². The predicted octanol–water partition coefficient (Wildman–Crippen LogP) is 3.98. The molecule has 1 atom stereocenters. The number of hydrogen-bond acceptors (Lipinski definition) is 4. The first-order valence-electron chi connectivity index (χ1n) is 9.82. The molecule has 1 heterocycles. The fourth-order valence-electron chi connectivity index (χ4n) is 3.84. The van der Waals surface area contributed by atoms with Crippen LogP contribution in [0.5, 0.6) is 5.75 Å².